The quantitative estimate of drug-likeness (QED) is 0.157. The first kappa shape index (κ1) is 31.6. The van der Waals surface area contributed by atoms with Crippen molar-refractivity contribution in [2.24, 2.45) is 0 Å². The molecule has 0 aliphatic carbocycles. The van der Waals surface area contributed by atoms with Crippen molar-refractivity contribution in [3.8, 4) is 11.5 Å². The standard InChI is InChI=1S/C32H40FN5O5/c33-24-3-7-26(8-4-24)37-31(41)14-18-35-32(42)38-19-15-27(16-20-38)36-25-5-1-23(2-6-25)13-17-34-21-29(40)22-43-30-11-9-28(39)10-12-30/h1-12,27,29,34,36,39-40H,13-22H2,(H,35,42)(H,37,41)/t29-/m0/s1. The van der Waals surface area contributed by atoms with Crippen LogP contribution in [0.5, 0.6) is 11.5 Å². The molecular formula is C32H40FN5O5. The topological polar surface area (TPSA) is 135 Å². The summed E-state index contributed by atoms with van der Waals surface area (Å²) in [5, 5.41) is 31.7. The van der Waals surface area contributed by atoms with E-state index in [9.17, 15) is 24.2 Å². The fraction of sp³-hybridized carbons (Fsp3) is 0.375. The summed E-state index contributed by atoms with van der Waals surface area (Å²) in [6.07, 6.45) is 1.96. The van der Waals surface area contributed by atoms with Gasteiger partial charge in [-0.1, -0.05) is 12.1 Å². The van der Waals surface area contributed by atoms with Crippen molar-refractivity contribution in [3.63, 3.8) is 0 Å². The highest BCUT2D eigenvalue weighted by Gasteiger charge is 2.22. The van der Waals surface area contributed by atoms with Gasteiger partial charge in [-0.2, -0.15) is 0 Å². The number of amides is 3. The number of aliphatic hydroxyl groups excluding tert-OH is 1. The van der Waals surface area contributed by atoms with Crippen LogP contribution >= 0.6 is 0 Å². The van der Waals surface area contributed by atoms with Gasteiger partial charge in [-0.3, -0.25) is 4.79 Å². The third-order valence-electron chi connectivity index (χ3n) is 7.11. The van der Waals surface area contributed by atoms with E-state index in [0.717, 1.165) is 31.5 Å². The molecule has 3 aromatic rings. The molecule has 1 atom stereocenters. The normalized spacial score (nSPS) is 14.1. The van der Waals surface area contributed by atoms with E-state index >= 15 is 0 Å². The third kappa shape index (κ3) is 11.1. The Morgan fingerprint density at radius 3 is 2.30 bits per heavy atom. The van der Waals surface area contributed by atoms with E-state index in [1.165, 1.54) is 29.8 Å². The summed E-state index contributed by atoms with van der Waals surface area (Å²) in [5.41, 5.74) is 2.74. The first-order valence-electron chi connectivity index (χ1n) is 14.6. The van der Waals surface area contributed by atoms with Crippen molar-refractivity contribution in [2.75, 3.05) is 50.0 Å². The molecule has 0 saturated carbocycles. The lowest BCUT2D eigenvalue weighted by molar-refractivity contribution is -0.116. The number of carbonyl (C=O) groups excluding carboxylic acids is 2. The molecule has 1 fully saturated rings. The lowest BCUT2D eigenvalue weighted by atomic mass is 10.0. The number of carbonyl (C=O) groups is 2. The number of aliphatic hydroxyl groups is 1. The minimum Gasteiger partial charge on any atom is -0.508 e. The highest BCUT2D eigenvalue weighted by atomic mass is 19.1. The summed E-state index contributed by atoms with van der Waals surface area (Å²) in [7, 11) is 0. The van der Waals surface area contributed by atoms with Crippen molar-refractivity contribution in [2.45, 2.75) is 37.8 Å². The Kier molecular flexibility index (Phi) is 12.0. The van der Waals surface area contributed by atoms with Crippen LogP contribution in [-0.2, 0) is 11.2 Å². The van der Waals surface area contributed by atoms with E-state index in [1.54, 1.807) is 29.2 Å². The fourth-order valence-electron chi connectivity index (χ4n) is 4.68. The number of benzene rings is 3. The summed E-state index contributed by atoms with van der Waals surface area (Å²) >= 11 is 0. The molecule has 230 valence electrons. The van der Waals surface area contributed by atoms with E-state index in [4.69, 9.17) is 4.74 Å². The lowest BCUT2D eigenvalue weighted by Crippen LogP contribution is -2.47. The molecule has 0 bridgehead atoms. The van der Waals surface area contributed by atoms with Gasteiger partial charge >= 0.3 is 6.03 Å². The SMILES string of the molecule is O=C(CCNC(=O)N1CCC(Nc2ccc(CCNC[C@H](O)COc3ccc(O)cc3)cc2)CC1)Nc1ccc(F)cc1. The first-order valence-corrected chi connectivity index (χ1v) is 14.6. The number of ether oxygens (including phenoxy) is 1. The number of hydrogen-bond acceptors (Lipinski definition) is 7. The van der Waals surface area contributed by atoms with Crippen molar-refractivity contribution in [1.82, 2.24) is 15.5 Å². The van der Waals surface area contributed by atoms with Gasteiger partial charge < -0.3 is 41.1 Å². The van der Waals surface area contributed by atoms with E-state index in [1.807, 2.05) is 0 Å². The number of aromatic hydroxyl groups is 1. The smallest absolute Gasteiger partial charge is 0.317 e. The van der Waals surface area contributed by atoms with Crippen LogP contribution < -0.4 is 26.0 Å². The van der Waals surface area contributed by atoms with Gasteiger partial charge in [0.25, 0.3) is 0 Å². The summed E-state index contributed by atoms with van der Waals surface area (Å²) in [5.74, 6) is 0.154. The predicted octanol–water partition coefficient (Wildman–Crippen LogP) is 3.72. The minimum atomic E-state index is -0.640. The molecule has 0 radical (unpaired) electrons. The zero-order chi connectivity index (χ0) is 30.4. The number of rotatable bonds is 14. The molecule has 3 aromatic carbocycles. The molecule has 10 nitrogen and oxygen atoms in total. The number of hydrogen-bond donors (Lipinski definition) is 6. The van der Waals surface area contributed by atoms with Crippen LogP contribution in [0.2, 0.25) is 0 Å². The van der Waals surface area contributed by atoms with Gasteiger partial charge in [0.2, 0.25) is 5.91 Å². The van der Waals surface area contributed by atoms with Gasteiger partial charge in [-0.25, -0.2) is 9.18 Å². The molecule has 1 saturated heterocycles. The molecule has 0 unspecified atom stereocenters. The van der Waals surface area contributed by atoms with E-state index in [-0.39, 0.29) is 49.1 Å². The van der Waals surface area contributed by atoms with Gasteiger partial charge in [-0.15, -0.1) is 0 Å². The van der Waals surface area contributed by atoms with Crippen molar-refractivity contribution >= 4 is 23.3 Å². The van der Waals surface area contributed by atoms with Gasteiger partial charge in [-0.05, 0) is 92.0 Å². The number of phenols is 1. The van der Waals surface area contributed by atoms with Gasteiger partial charge in [0, 0.05) is 50.0 Å². The van der Waals surface area contributed by atoms with Crippen LogP contribution in [-0.4, -0.2) is 78.5 Å². The highest BCUT2D eigenvalue weighted by molar-refractivity contribution is 5.91. The number of urea groups is 1. The van der Waals surface area contributed by atoms with E-state index in [2.05, 4.69) is 45.5 Å². The molecule has 6 N–H and O–H groups in total. The third-order valence-corrected chi connectivity index (χ3v) is 7.11. The van der Waals surface area contributed by atoms with Crippen LogP contribution in [0.25, 0.3) is 0 Å². The van der Waals surface area contributed by atoms with Crippen LogP contribution in [0.15, 0.2) is 72.8 Å². The Morgan fingerprint density at radius 1 is 0.930 bits per heavy atom. The van der Waals surface area contributed by atoms with Crippen LogP contribution in [0.1, 0.15) is 24.8 Å². The largest absolute Gasteiger partial charge is 0.508 e. The Labute approximate surface area is 251 Å². The van der Waals surface area contributed by atoms with E-state index in [0.29, 0.717) is 31.1 Å². The number of anilines is 2. The molecule has 1 heterocycles. The number of nitrogens with one attached hydrogen (secondary N) is 4. The van der Waals surface area contributed by atoms with Gasteiger partial charge in [0.05, 0.1) is 0 Å². The van der Waals surface area contributed by atoms with Crippen LogP contribution in [0.3, 0.4) is 0 Å². The number of likely N-dealkylation sites (tertiary alicyclic amines) is 1. The van der Waals surface area contributed by atoms with Gasteiger partial charge in [0.1, 0.15) is 30.0 Å². The summed E-state index contributed by atoms with van der Waals surface area (Å²) in [6, 6.07) is 20.3. The second-order valence-corrected chi connectivity index (χ2v) is 10.6. The number of phenolic OH excluding ortho intramolecular Hbond substituents is 1. The van der Waals surface area contributed by atoms with Gasteiger partial charge in [0.15, 0.2) is 0 Å². The second kappa shape index (κ2) is 16.3. The maximum atomic E-state index is 13.0. The van der Waals surface area contributed by atoms with Crippen molar-refractivity contribution in [3.05, 3.63) is 84.2 Å². The Morgan fingerprint density at radius 2 is 1.60 bits per heavy atom. The van der Waals surface area contributed by atoms with E-state index < -0.39 is 6.10 Å². The molecule has 11 heteroatoms. The van der Waals surface area contributed by atoms with Crippen LogP contribution in [0, 0.1) is 5.82 Å². The average Bonchev–Trinajstić information content (AvgIpc) is 3.01. The van der Waals surface area contributed by atoms with Crippen LogP contribution in [0.4, 0.5) is 20.6 Å². The zero-order valence-corrected chi connectivity index (χ0v) is 24.1. The summed E-state index contributed by atoms with van der Waals surface area (Å²) < 4.78 is 18.5. The molecular weight excluding hydrogens is 553 g/mol. The maximum Gasteiger partial charge on any atom is 0.317 e. The lowest BCUT2D eigenvalue weighted by Gasteiger charge is -2.33. The Balaban J connectivity index is 1.05. The summed E-state index contributed by atoms with van der Waals surface area (Å²) in [4.78, 5) is 26.3. The molecule has 3 amide bonds. The molecule has 0 spiro atoms. The fourth-order valence-corrected chi connectivity index (χ4v) is 4.68. The molecule has 4 rings (SSSR count). The average molecular weight is 594 g/mol. The monoisotopic (exact) mass is 593 g/mol. The van der Waals surface area contributed by atoms with Crippen molar-refractivity contribution in [1.29, 1.82) is 0 Å². The second-order valence-electron chi connectivity index (χ2n) is 10.6. The molecule has 43 heavy (non-hydrogen) atoms. The molecule has 1 aliphatic heterocycles. The first-order chi connectivity index (χ1) is 20.8. The Hall–Kier alpha value is -4.35. The minimum absolute atomic E-state index is 0.131. The molecule has 0 aromatic heterocycles. The molecule has 1 aliphatic rings. The number of piperidine rings is 1. The zero-order valence-electron chi connectivity index (χ0n) is 24.1. The summed E-state index contributed by atoms with van der Waals surface area (Å²) in [6.45, 7) is 2.79. The number of nitrogens with zero attached hydrogens (tertiary/aromatic N) is 1. The Bertz CT molecular complexity index is 1280. The maximum absolute atomic E-state index is 13.0. The highest BCUT2D eigenvalue weighted by Crippen LogP contribution is 2.18. The van der Waals surface area contributed by atoms with Crippen molar-refractivity contribution < 1.29 is 28.9 Å². The predicted molar refractivity (Wildman–Crippen MR) is 164 cm³/mol. The number of halogens is 1.